The molecule has 1 aromatic carbocycles. The molecule has 1 aliphatic rings. The molecule has 0 spiro atoms. The lowest BCUT2D eigenvalue weighted by molar-refractivity contribution is 0.341. The molecule has 1 heterocycles. The summed E-state index contributed by atoms with van der Waals surface area (Å²) in [4.78, 5) is 0.352. The first-order valence-corrected chi connectivity index (χ1v) is 8.85. The summed E-state index contributed by atoms with van der Waals surface area (Å²) >= 11 is 0. The van der Waals surface area contributed by atoms with Gasteiger partial charge in [-0.05, 0) is 43.4 Å². The minimum Gasteiger partial charge on any atom is -0.384 e. The van der Waals surface area contributed by atoms with E-state index >= 15 is 0 Å². The van der Waals surface area contributed by atoms with Gasteiger partial charge >= 0.3 is 0 Å². The molecule has 2 N–H and O–H groups in total. The van der Waals surface area contributed by atoms with Gasteiger partial charge in [-0.15, -0.1) is 0 Å². The molecule has 1 aromatic rings. The standard InChI is InChI=1S/C15H24N2O2S/c1-4-15(5-2,6-3)17-20(18,19)13-8-7-12-9-10-16-14(12)11-13/h7-8,11,16-17H,4-6,9-10H2,1-3H3. The number of anilines is 1. The van der Waals surface area contributed by atoms with E-state index in [0.717, 1.165) is 37.9 Å². The third-order valence-corrected chi connectivity index (χ3v) is 6.06. The van der Waals surface area contributed by atoms with Gasteiger partial charge in [-0.3, -0.25) is 0 Å². The molecule has 0 aliphatic carbocycles. The van der Waals surface area contributed by atoms with Crippen LogP contribution in [0.1, 0.15) is 45.6 Å². The molecule has 1 aliphatic heterocycles. The van der Waals surface area contributed by atoms with E-state index in [1.54, 1.807) is 12.1 Å². The molecule has 0 bridgehead atoms. The monoisotopic (exact) mass is 296 g/mol. The lowest BCUT2D eigenvalue weighted by Gasteiger charge is -2.31. The molecule has 0 aromatic heterocycles. The number of hydrogen-bond acceptors (Lipinski definition) is 3. The van der Waals surface area contributed by atoms with E-state index in [1.165, 1.54) is 5.56 Å². The summed E-state index contributed by atoms with van der Waals surface area (Å²) in [6.07, 6.45) is 3.35. The van der Waals surface area contributed by atoms with Gasteiger partial charge in [0.05, 0.1) is 4.90 Å². The Bertz CT molecular complexity index is 569. The molecule has 0 saturated heterocycles. The first-order chi connectivity index (χ1) is 9.46. The van der Waals surface area contributed by atoms with Gasteiger partial charge in [0.2, 0.25) is 10.0 Å². The summed E-state index contributed by atoms with van der Waals surface area (Å²) in [5, 5.41) is 3.23. The van der Waals surface area contributed by atoms with E-state index in [4.69, 9.17) is 0 Å². The Morgan fingerprint density at radius 1 is 1.20 bits per heavy atom. The number of rotatable bonds is 6. The number of sulfonamides is 1. The molecule has 2 rings (SSSR count). The summed E-state index contributed by atoms with van der Waals surface area (Å²) in [5.74, 6) is 0. The van der Waals surface area contributed by atoms with Crippen LogP contribution in [-0.4, -0.2) is 20.5 Å². The maximum atomic E-state index is 12.6. The number of hydrogen-bond donors (Lipinski definition) is 2. The van der Waals surface area contributed by atoms with Crippen LogP contribution in [0, 0.1) is 0 Å². The minimum atomic E-state index is -3.47. The van der Waals surface area contributed by atoms with Crippen molar-refractivity contribution in [3.63, 3.8) is 0 Å². The van der Waals surface area contributed by atoms with Crippen LogP contribution in [0.15, 0.2) is 23.1 Å². The van der Waals surface area contributed by atoms with E-state index in [0.29, 0.717) is 4.90 Å². The third kappa shape index (κ3) is 2.83. The molecule has 5 heteroatoms. The summed E-state index contributed by atoms with van der Waals surface area (Å²) < 4.78 is 28.1. The zero-order chi connectivity index (χ0) is 14.8. The molecular weight excluding hydrogens is 272 g/mol. The van der Waals surface area contributed by atoms with Crippen LogP contribution in [-0.2, 0) is 16.4 Å². The van der Waals surface area contributed by atoms with Crippen LogP contribution in [0.3, 0.4) is 0 Å². The summed E-state index contributed by atoms with van der Waals surface area (Å²) in [5.41, 5.74) is 1.80. The van der Waals surface area contributed by atoms with Crippen LogP contribution in [0.25, 0.3) is 0 Å². The van der Waals surface area contributed by atoms with Crippen molar-refractivity contribution in [3.8, 4) is 0 Å². The van der Waals surface area contributed by atoms with Crippen molar-refractivity contribution in [3.05, 3.63) is 23.8 Å². The number of benzene rings is 1. The van der Waals surface area contributed by atoms with Crippen molar-refractivity contribution < 1.29 is 8.42 Å². The Labute approximate surface area is 122 Å². The molecule has 0 atom stereocenters. The molecule has 0 radical (unpaired) electrons. The van der Waals surface area contributed by atoms with Gasteiger partial charge in [0, 0.05) is 17.8 Å². The maximum Gasteiger partial charge on any atom is 0.241 e. The second-order valence-corrected chi connectivity index (χ2v) is 7.12. The molecule has 112 valence electrons. The van der Waals surface area contributed by atoms with Crippen LogP contribution < -0.4 is 10.0 Å². The molecule has 0 amide bonds. The van der Waals surface area contributed by atoms with Crippen LogP contribution in [0.4, 0.5) is 5.69 Å². The maximum absolute atomic E-state index is 12.6. The second-order valence-electron chi connectivity index (χ2n) is 5.44. The first kappa shape index (κ1) is 15.3. The topological polar surface area (TPSA) is 58.2 Å². The SMILES string of the molecule is CCC(CC)(CC)NS(=O)(=O)c1ccc2c(c1)NCC2. The van der Waals surface area contributed by atoms with Gasteiger partial charge in [-0.1, -0.05) is 26.8 Å². The largest absolute Gasteiger partial charge is 0.384 e. The molecular formula is C15H24N2O2S. The fraction of sp³-hybridized carbons (Fsp3) is 0.600. The fourth-order valence-corrected chi connectivity index (χ4v) is 4.39. The van der Waals surface area contributed by atoms with Crippen molar-refractivity contribution in [2.24, 2.45) is 0 Å². The Balaban J connectivity index is 2.31. The van der Waals surface area contributed by atoms with Gasteiger partial charge in [0.25, 0.3) is 0 Å². The zero-order valence-electron chi connectivity index (χ0n) is 12.5. The van der Waals surface area contributed by atoms with Crippen LogP contribution in [0.2, 0.25) is 0 Å². The highest BCUT2D eigenvalue weighted by Gasteiger charge is 2.30. The predicted octanol–water partition coefficient (Wildman–Crippen LogP) is 2.90. The summed E-state index contributed by atoms with van der Waals surface area (Å²) in [6, 6.07) is 5.37. The van der Waals surface area contributed by atoms with Crippen molar-refractivity contribution >= 4 is 15.7 Å². The van der Waals surface area contributed by atoms with Crippen LogP contribution >= 0.6 is 0 Å². The average Bonchev–Trinajstić information content (AvgIpc) is 2.92. The molecule has 4 nitrogen and oxygen atoms in total. The summed E-state index contributed by atoms with van der Waals surface area (Å²) in [7, 11) is -3.47. The third-order valence-electron chi connectivity index (χ3n) is 4.48. The highest BCUT2D eigenvalue weighted by Crippen LogP contribution is 2.27. The smallest absolute Gasteiger partial charge is 0.241 e. The van der Waals surface area contributed by atoms with Crippen molar-refractivity contribution in [2.75, 3.05) is 11.9 Å². The van der Waals surface area contributed by atoms with E-state index in [-0.39, 0.29) is 5.54 Å². The highest BCUT2D eigenvalue weighted by atomic mass is 32.2. The van der Waals surface area contributed by atoms with E-state index in [9.17, 15) is 8.42 Å². The normalized spacial score (nSPS) is 14.9. The Morgan fingerprint density at radius 3 is 2.45 bits per heavy atom. The predicted molar refractivity (Wildman–Crippen MR) is 82.6 cm³/mol. The first-order valence-electron chi connectivity index (χ1n) is 7.37. The molecule has 0 unspecified atom stereocenters. The molecule has 20 heavy (non-hydrogen) atoms. The van der Waals surface area contributed by atoms with Crippen molar-refractivity contribution in [1.29, 1.82) is 0 Å². The van der Waals surface area contributed by atoms with Gasteiger partial charge in [0.15, 0.2) is 0 Å². The van der Waals surface area contributed by atoms with E-state index < -0.39 is 10.0 Å². The molecule has 0 fully saturated rings. The second kappa shape index (κ2) is 5.74. The van der Waals surface area contributed by atoms with Gasteiger partial charge in [0.1, 0.15) is 0 Å². The quantitative estimate of drug-likeness (QED) is 0.848. The van der Waals surface area contributed by atoms with Crippen LogP contribution in [0.5, 0.6) is 0 Å². The fourth-order valence-electron chi connectivity index (χ4n) is 2.75. The van der Waals surface area contributed by atoms with Crippen molar-refractivity contribution in [2.45, 2.75) is 56.9 Å². The Morgan fingerprint density at radius 2 is 1.85 bits per heavy atom. The number of nitrogens with one attached hydrogen (secondary N) is 2. The average molecular weight is 296 g/mol. The highest BCUT2D eigenvalue weighted by molar-refractivity contribution is 7.89. The minimum absolute atomic E-state index is 0.342. The lowest BCUT2D eigenvalue weighted by atomic mass is 9.91. The van der Waals surface area contributed by atoms with E-state index in [2.05, 4.69) is 10.0 Å². The summed E-state index contributed by atoms with van der Waals surface area (Å²) in [6.45, 7) is 6.97. The zero-order valence-corrected chi connectivity index (χ0v) is 13.3. The van der Waals surface area contributed by atoms with Gasteiger partial charge in [-0.2, -0.15) is 0 Å². The lowest BCUT2D eigenvalue weighted by Crippen LogP contribution is -2.46. The van der Waals surface area contributed by atoms with Gasteiger partial charge < -0.3 is 5.32 Å². The van der Waals surface area contributed by atoms with E-state index in [1.807, 2.05) is 26.8 Å². The number of fused-ring (bicyclic) bond motifs is 1. The van der Waals surface area contributed by atoms with Crippen molar-refractivity contribution in [1.82, 2.24) is 4.72 Å². The molecule has 0 saturated carbocycles. The Hall–Kier alpha value is -1.07. The Kier molecular flexibility index (Phi) is 4.39. The van der Waals surface area contributed by atoms with Gasteiger partial charge in [-0.25, -0.2) is 13.1 Å².